The molecule has 1 aromatic heterocycles. The van der Waals surface area contributed by atoms with Crippen LogP contribution in [0.2, 0.25) is 5.02 Å². The van der Waals surface area contributed by atoms with E-state index in [1.165, 1.54) is 0 Å². The number of para-hydroxylation sites is 2. The fraction of sp³-hybridized carbons (Fsp3) is 0.308. The number of carbonyl (C=O) groups excluding carboxylic acids is 1. The predicted molar refractivity (Wildman–Crippen MR) is 130 cm³/mol. The Morgan fingerprint density at radius 1 is 1.00 bits per heavy atom. The predicted octanol–water partition coefficient (Wildman–Crippen LogP) is 5.92. The molecule has 0 unspecified atom stereocenters. The lowest BCUT2D eigenvalue weighted by Crippen LogP contribution is -2.34. The van der Waals surface area contributed by atoms with Gasteiger partial charge in [-0.25, -0.2) is 4.98 Å². The zero-order valence-corrected chi connectivity index (χ0v) is 19.3. The minimum atomic E-state index is -0.0801. The molecule has 0 bridgehead atoms. The van der Waals surface area contributed by atoms with Crippen LogP contribution in [0.1, 0.15) is 31.2 Å². The third kappa shape index (κ3) is 6.94. The van der Waals surface area contributed by atoms with Gasteiger partial charge in [-0.15, -0.1) is 0 Å². The summed E-state index contributed by atoms with van der Waals surface area (Å²) in [4.78, 5) is 19.4. The molecule has 2 heterocycles. The van der Waals surface area contributed by atoms with E-state index in [0.717, 1.165) is 37.8 Å². The van der Waals surface area contributed by atoms with Gasteiger partial charge in [-0.05, 0) is 55.8 Å². The van der Waals surface area contributed by atoms with Crippen molar-refractivity contribution in [2.45, 2.75) is 32.2 Å². The van der Waals surface area contributed by atoms with Crippen molar-refractivity contribution in [2.75, 3.05) is 25.0 Å². The van der Waals surface area contributed by atoms with Crippen LogP contribution in [0.15, 0.2) is 66.9 Å². The molecule has 0 fully saturated rings. The molecular weight excluding hydrogens is 438 g/mol. The number of anilines is 1. The van der Waals surface area contributed by atoms with Crippen molar-refractivity contribution < 1.29 is 14.3 Å². The van der Waals surface area contributed by atoms with Gasteiger partial charge < -0.3 is 14.8 Å². The van der Waals surface area contributed by atoms with E-state index in [0.29, 0.717) is 41.2 Å². The van der Waals surface area contributed by atoms with Gasteiger partial charge in [-0.2, -0.15) is 0 Å². The number of rotatable bonds is 3. The summed E-state index contributed by atoms with van der Waals surface area (Å²) in [5, 5.41) is 3.53. The molecule has 1 aliphatic heterocycles. The number of halogens is 1. The van der Waals surface area contributed by atoms with Crippen molar-refractivity contribution in [2.24, 2.45) is 0 Å². The minimum Gasteiger partial charge on any atom is -0.490 e. The quantitative estimate of drug-likeness (QED) is 0.520. The first-order valence-corrected chi connectivity index (χ1v) is 11.7. The van der Waals surface area contributed by atoms with Crippen LogP contribution in [0.5, 0.6) is 17.4 Å². The summed E-state index contributed by atoms with van der Waals surface area (Å²) in [6, 6.07) is 18.7. The molecule has 2 aromatic carbocycles. The standard InChI is InChI=1S/C26H28ClN3O3/c27-21-10-7-11-22(17-21)29-25(31)19-30-15-5-1-2-6-16-32-23-12-3-4-13-24(23)33-26-20(18-30)9-8-14-28-26/h3-4,7-14,17H,1-2,5-6,15-16,18-19H2,(H,29,31). The number of fused-ring (bicyclic) bond motifs is 2. The van der Waals surface area contributed by atoms with Gasteiger partial charge in [0.2, 0.25) is 11.8 Å². The number of hydrogen-bond acceptors (Lipinski definition) is 5. The summed E-state index contributed by atoms with van der Waals surface area (Å²) in [5.74, 6) is 1.79. The first-order chi connectivity index (χ1) is 16.2. The van der Waals surface area contributed by atoms with Crippen LogP contribution in [-0.4, -0.2) is 35.5 Å². The van der Waals surface area contributed by atoms with Crippen LogP contribution in [0.3, 0.4) is 0 Å². The minimum absolute atomic E-state index is 0.0801. The monoisotopic (exact) mass is 465 g/mol. The van der Waals surface area contributed by atoms with Gasteiger partial charge in [-0.1, -0.05) is 48.7 Å². The Balaban J connectivity index is 1.52. The first kappa shape index (κ1) is 23.1. The van der Waals surface area contributed by atoms with Crippen LogP contribution in [0.25, 0.3) is 0 Å². The maximum Gasteiger partial charge on any atom is 0.238 e. The molecule has 1 amide bonds. The Bertz CT molecular complexity index is 1080. The topological polar surface area (TPSA) is 63.7 Å². The zero-order chi connectivity index (χ0) is 22.9. The Kier molecular flexibility index (Phi) is 8.17. The largest absolute Gasteiger partial charge is 0.490 e. The second-order valence-electron chi connectivity index (χ2n) is 8.05. The van der Waals surface area contributed by atoms with Crippen molar-refractivity contribution in [3.05, 3.63) is 77.4 Å². The van der Waals surface area contributed by atoms with E-state index in [1.54, 1.807) is 18.3 Å². The number of ether oxygens (including phenoxy) is 2. The first-order valence-electron chi connectivity index (χ1n) is 11.3. The van der Waals surface area contributed by atoms with E-state index < -0.39 is 0 Å². The number of nitrogens with one attached hydrogen (secondary N) is 1. The second kappa shape index (κ2) is 11.7. The van der Waals surface area contributed by atoms with Gasteiger partial charge in [0, 0.05) is 29.0 Å². The van der Waals surface area contributed by atoms with Crippen LogP contribution in [0, 0.1) is 0 Å². The highest BCUT2D eigenvalue weighted by molar-refractivity contribution is 6.30. The fourth-order valence-electron chi connectivity index (χ4n) is 3.79. The Labute approximate surface area is 199 Å². The molecule has 0 atom stereocenters. The summed E-state index contributed by atoms with van der Waals surface area (Å²) in [6.07, 6.45) is 5.83. The van der Waals surface area contributed by atoms with E-state index >= 15 is 0 Å². The molecule has 172 valence electrons. The fourth-order valence-corrected chi connectivity index (χ4v) is 3.98. The molecule has 0 spiro atoms. The van der Waals surface area contributed by atoms with E-state index in [1.807, 2.05) is 48.5 Å². The van der Waals surface area contributed by atoms with E-state index in [4.69, 9.17) is 21.1 Å². The van der Waals surface area contributed by atoms with Gasteiger partial charge in [0.25, 0.3) is 0 Å². The van der Waals surface area contributed by atoms with Gasteiger partial charge in [0.15, 0.2) is 11.5 Å². The third-order valence-corrected chi connectivity index (χ3v) is 5.64. The summed E-state index contributed by atoms with van der Waals surface area (Å²) < 4.78 is 12.1. The SMILES string of the molecule is O=C(CN1CCCCCCOc2ccccc2Oc2ncccc2C1)Nc1cccc(Cl)c1. The maximum absolute atomic E-state index is 12.8. The molecule has 0 saturated heterocycles. The number of benzene rings is 2. The normalized spacial score (nSPS) is 15.2. The Morgan fingerprint density at radius 3 is 2.73 bits per heavy atom. The average Bonchev–Trinajstić information content (AvgIpc) is 2.80. The van der Waals surface area contributed by atoms with E-state index in [9.17, 15) is 4.79 Å². The lowest BCUT2D eigenvalue weighted by atomic mass is 10.1. The molecule has 0 aliphatic carbocycles. The van der Waals surface area contributed by atoms with Gasteiger partial charge in [0.05, 0.1) is 13.2 Å². The van der Waals surface area contributed by atoms with Crippen molar-refractivity contribution in [3.63, 3.8) is 0 Å². The number of amides is 1. The maximum atomic E-state index is 12.8. The lowest BCUT2D eigenvalue weighted by molar-refractivity contribution is -0.117. The van der Waals surface area contributed by atoms with Gasteiger partial charge in [0.1, 0.15) is 0 Å². The Morgan fingerprint density at radius 2 is 1.85 bits per heavy atom. The molecule has 1 N–H and O–H groups in total. The molecule has 0 radical (unpaired) electrons. The van der Waals surface area contributed by atoms with Gasteiger partial charge in [-0.3, -0.25) is 9.69 Å². The smallest absolute Gasteiger partial charge is 0.238 e. The van der Waals surface area contributed by atoms with E-state index in [2.05, 4.69) is 15.2 Å². The number of pyridine rings is 1. The molecule has 6 nitrogen and oxygen atoms in total. The van der Waals surface area contributed by atoms with Gasteiger partial charge >= 0.3 is 0 Å². The average molecular weight is 466 g/mol. The molecule has 4 rings (SSSR count). The number of carbonyl (C=O) groups is 1. The van der Waals surface area contributed by atoms with Crippen molar-refractivity contribution in [1.29, 1.82) is 0 Å². The highest BCUT2D eigenvalue weighted by atomic mass is 35.5. The molecule has 1 aliphatic rings. The van der Waals surface area contributed by atoms with Crippen LogP contribution >= 0.6 is 11.6 Å². The molecular formula is C26H28ClN3O3. The van der Waals surface area contributed by atoms with Crippen molar-refractivity contribution in [3.8, 4) is 17.4 Å². The van der Waals surface area contributed by atoms with Crippen LogP contribution in [0.4, 0.5) is 5.69 Å². The number of aromatic nitrogens is 1. The van der Waals surface area contributed by atoms with Crippen LogP contribution < -0.4 is 14.8 Å². The number of hydrogen-bond donors (Lipinski definition) is 1. The van der Waals surface area contributed by atoms with Crippen LogP contribution in [-0.2, 0) is 11.3 Å². The second-order valence-corrected chi connectivity index (χ2v) is 8.48. The summed E-state index contributed by atoms with van der Waals surface area (Å²) in [6.45, 7) is 2.26. The zero-order valence-electron chi connectivity index (χ0n) is 18.5. The van der Waals surface area contributed by atoms with E-state index in [-0.39, 0.29) is 12.5 Å². The highest BCUT2D eigenvalue weighted by Crippen LogP contribution is 2.32. The Hall–Kier alpha value is -3.09. The number of nitrogens with zero attached hydrogens (tertiary/aromatic N) is 2. The summed E-state index contributed by atoms with van der Waals surface area (Å²) >= 11 is 6.05. The molecule has 0 saturated carbocycles. The van der Waals surface area contributed by atoms with Crippen molar-refractivity contribution >= 4 is 23.2 Å². The third-order valence-electron chi connectivity index (χ3n) is 5.40. The molecule has 3 aromatic rings. The molecule has 7 heteroatoms. The summed E-state index contributed by atoms with van der Waals surface area (Å²) in [5.41, 5.74) is 1.61. The lowest BCUT2D eigenvalue weighted by Gasteiger charge is -2.23. The summed E-state index contributed by atoms with van der Waals surface area (Å²) in [7, 11) is 0. The van der Waals surface area contributed by atoms with Crippen molar-refractivity contribution in [1.82, 2.24) is 9.88 Å². The highest BCUT2D eigenvalue weighted by Gasteiger charge is 2.17. The molecule has 33 heavy (non-hydrogen) atoms.